The zero-order valence-corrected chi connectivity index (χ0v) is 15.7. The molecule has 2 amide bonds. The van der Waals surface area contributed by atoms with E-state index >= 15 is 0 Å². The average Bonchev–Trinajstić information content (AvgIpc) is 2.63. The summed E-state index contributed by atoms with van der Waals surface area (Å²) < 4.78 is 0. The molecule has 2 heterocycles. The molecule has 1 aromatic heterocycles. The third kappa shape index (κ3) is 5.98. The second kappa shape index (κ2) is 10.8. The quantitative estimate of drug-likeness (QED) is 0.740. The Morgan fingerprint density at radius 2 is 1.77 bits per heavy atom. The van der Waals surface area contributed by atoms with Crippen LogP contribution in [0.1, 0.15) is 29.6 Å². The van der Waals surface area contributed by atoms with Crippen molar-refractivity contribution in [2.45, 2.75) is 25.3 Å². The molecular weight excluding hydrogens is 375 g/mol. The van der Waals surface area contributed by atoms with Crippen LogP contribution >= 0.6 is 24.8 Å². The number of carbonyl (C=O) groups is 2. The Morgan fingerprint density at radius 1 is 1.00 bits per heavy atom. The molecule has 6 nitrogen and oxygen atoms in total. The Labute approximate surface area is 165 Å². The number of piperidine rings is 1. The summed E-state index contributed by atoms with van der Waals surface area (Å²) in [4.78, 5) is 28.5. The van der Waals surface area contributed by atoms with E-state index in [0.29, 0.717) is 16.9 Å². The van der Waals surface area contributed by atoms with Gasteiger partial charge in [0.25, 0.3) is 5.91 Å². The number of rotatable bonds is 4. The number of anilines is 2. The molecule has 26 heavy (non-hydrogen) atoms. The summed E-state index contributed by atoms with van der Waals surface area (Å²) in [5, 5.41) is 8.89. The van der Waals surface area contributed by atoms with Crippen LogP contribution in [-0.4, -0.2) is 29.4 Å². The normalized spacial score (nSPS) is 15.8. The molecule has 1 atom stereocenters. The number of carbonyl (C=O) groups excluding carboxylic acids is 2. The lowest BCUT2D eigenvalue weighted by molar-refractivity contribution is -0.118. The smallest absolute Gasteiger partial charge is 0.255 e. The Morgan fingerprint density at radius 3 is 2.46 bits per heavy atom. The maximum Gasteiger partial charge on any atom is 0.255 e. The van der Waals surface area contributed by atoms with E-state index in [9.17, 15) is 9.59 Å². The molecular formula is C18H22Cl2N4O2. The Hall–Kier alpha value is -2.15. The van der Waals surface area contributed by atoms with Gasteiger partial charge in [0.2, 0.25) is 5.91 Å². The highest BCUT2D eigenvalue weighted by Gasteiger charge is 2.20. The van der Waals surface area contributed by atoms with E-state index in [1.165, 1.54) is 0 Å². The molecule has 1 aliphatic rings. The monoisotopic (exact) mass is 396 g/mol. The first kappa shape index (κ1) is 21.9. The molecule has 0 unspecified atom stereocenters. The molecule has 140 valence electrons. The van der Waals surface area contributed by atoms with Gasteiger partial charge in [0.1, 0.15) is 0 Å². The van der Waals surface area contributed by atoms with Crippen LogP contribution < -0.4 is 16.0 Å². The van der Waals surface area contributed by atoms with E-state index < -0.39 is 0 Å². The number of benzene rings is 1. The molecule has 1 aliphatic heterocycles. The lowest BCUT2D eigenvalue weighted by atomic mass is 10.0. The van der Waals surface area contributed by atoms with Crippen molar-refractivity contribution in [2.75, 3.05) is 17.2 Å². The number of halogens is 2. The van der Waals surface area contributed by atoms with Crippen molar-refractivity contribution < 1.29 is 9.59 Å². The summed E-state index contributed by atoms with van der Waals surface area (Å²) >= 11 is 0. The highest BCUT2D eigenvalue weighted by molar-refractivity contribution is 6.05. The fraction of sp³-hybridized carbons (Fsp3) is 0.278. The van der Waals surface area contributed by atoms with Gasteiger partial charge in [0, 0.05) is 29.3 Å². The minimum absolute atomic E-state index is 0. The van der Waals surface area contributed by atoms with Crippen LogP contribution in [0.3, 0.4) is 0 Å². The third-order valence-electron chi connectivity index (χ3n) is 3.96. The lowest BCUT2D eigenvalue weighted by Crippen LogP contribution is -2.43. The van der Waals surface area contributed by atoms with Crippen molar-refractivity contribution in [1.29, 1.82) is 0 Å². The number of nitrogens with one attached hydrogen (secondary N) is 3. The number of hydrogen-bond acceptors (Lipinski definition) is 4. The summed E-state index contributed by atoms with van der Waals surface area (Å²) in [5.74, 6) is -0.283. The van der Waals surface area contributed by atoms with Gasteiger partial charge < -0.3 is 16.0 Å². The molecule has 3 N–H and O–H groups in total. The molecule has 3 rings (SSSR count). The average molecular weight is 397 g/mol. The molecule has 0 saturated carbocycles. The van der Waals surface area contributed by atoms with Gasteiger partial charge in [-0.05, 0) is 49.7 Å². The highest BCUT2D eigenvalue weighted by atomic mass is 35.5. The van der Waals surface area contributed by atoms with E-state index in [0.717, 1.165) is 25.8 Å². The topological polar surface area (TPSA) is 83.1 Å². The molecule has 0 bridgehead atoms. The Kier molecular flexibility index (Phi) is 9.05. The van der Waals surface area contributed by atoms with E-state index in [1.807, 2.05) is 0 Å². The van der Waals surface area contributed by atoms with Crippen molar-refractivity contribution in [2.24, 2.45) is 0 Å². The summed E-state index contributed by atoms with van der Waals surface area (Å²) in [6.45, 7) is 0.868. The predicted molar refractivity (Wildman–Crippen MR) is 107 cm³/mol. The summed E-state index contributed by atoms with van der Waals surface area (Å²) in [6.07, 6.45) is 6.23. The van der Waals surface area contributed by atoms with Crippen LogP contribution in [0.25, 0.3) is 0 Å². The molecule has 8 heteroatoms. The Bertz CT molecular complexity index is 722. The molecule has 1 fully saturated rings. The predicted octanol–water partition coefficient (Wildman–Crippen LogP) is 3.26. The van der Waals surface area contributed by atoms with Gasteiger partial charge in [-0.15, -0.1) is 24.8 Å². The van der Waals surface area contributed by atoms with Gasteiger partial charge in [-0.25, -0.2) is 0 Å². The minimum Gasteiger partial charge on any atom is -0.325 e. The zero-order valence-electron chi connectivity index (χ0n) is 14.1. The number of aromatic nitrogens is 1. The van der Waals surface area contributed by atoms with Crippen molar-refractivity contribution >= 4 is 48.0 Å². The van der Waals surface area contributed by atoms with Crippen molar-refractivity contribution in [3.8, 4) is 0 Å². The van der Waals surface area contributed by atoms with Crippen LogP contribution in [0.2, 0.25) is 0 Å². The second-order valence-electron chi connectivity index (χ2n) is 5.76. The van der Waals surface area contributed by atoms with Crippen LogP contribution in [0.15, 0.2) is 48.8 Å². The van der Waals surface area contributed by atoms with E-state index in [2.05, 4.69) is 20.9 Å². The van der Waals surface area contributed by atoms with Gasteiger partial charge in [-0.1, -0.05) is 12.5 Å². The zero-order chi connectivity index (χ0) is 16.8. The standard InChI is InChI=1S/C18H20N4O2.2ClH/c23-17(21-14-7-10-19-11-8-14)13-4-3-5-15(12-13)22-18(24)16-6-1-2-9-20-16;;/h3-5,7-8,10-12,16,20H,1-2,6,9H2,(H,22,24)(H,19,21,23);2*1H/t16-;;/m1../s1. The first-order valence-electron chi connectivity index (χ1n) is 8.08. The number of pyridine rings is 1. The van der Waals surface area contributed by atoms with Gasteiger partial charge in [-0.3, -0.25) is 14.6 Å². The van der Waals surface area contributed by atoms with E-state index in [-0.39, 0.29) is 42.7 Å². The maximum absolute atomic E-state index is 12.3. The van der Waals surface area contributed by atoms with Crippen LogP contribution in [0.4, 0.5) is 11.4 Å². The maximum atomic E-state index is 12.3. The van der Waals surface area contributed by atoms with Crippen molar-refractivity contribution in [3.05, 3.63) is 54.4 Å². The fourth-order valence-corrected chi connectivity index (χ4v) is 2.68. The number of amides is 2. The van der Waals surface area contributed by atoms with Gasteiger partial charge in [0.15, 0.2) is 0 Å². The summed E-state index contributed by atoms with van der Waals surface area (Å²) in [7, 11) is 0. The molecule has 0 spiro atoms. The molecule has 2 aromatic rings. The first-order valence-corrected chi connectivity index (χ1v) is 8.08. The van der Waals surface area contributed by atoms with Crippen LogP contribution in [0, 0.1) is 0 Å². The second-order valence-corrected chi connectivity index (χ2v) is 5.76. The minimum atomic E-state index is -0.229. The highest BCUT2D eigenvalue weighted by Crippen LogP contribution is 2.15. The molecule has 1 aromatic carbocycles. The third-order valence-corrected chi connectivity index (χ3v) is 3.96. The van der Waals surface area contributed by atoms with Crippen LogP contribution in [0.5, 0.6) is 0 Å². The van der Waals surface area contributed by atoms with E-state index in [1.54, 1.807) is 48.8 Å². The van der Waals surface area contributed by atoms with Crippen molar-refractivity contribution in [1.82, 2.24) is 10.3 Å². The van der Waals surface area contributed by atoms with Crippen LogP contribution in [-0.2, 0) is 4.79 Å². The summed E-state index contributed by atoms with van der Waals surface area (Å²) in [5.41, 5.74) is 1.78. The first-order chi connectivity index (χ1) is 11.7. The number of nitrogens with zero attached hydrogens (tertiary/aromatic N) is 1. The van der Waals surface area contributed by atoms with Gasteiger partial charge in [0.05, 0.1) is 6.04 Å². The molecule has 0 aliphatic carbocycles. The van der Waals surface area contributed by atoms with Gasteiger partial charge >= 0.3 is 0 Å². The largest absolute Gasteiger partial charge is 0.325 e. The van der Waals surface area contributed by atoms with E-state index in [4.69, 9.17) is 0 Å². The molecule has 0 radical (unpaired) electrons. The Balaban J connectivity index is 0.00000169. The SMILES string of the molecule is Cl.Cl.O=C(Nc1ccncc1)c1cccc(NC(=O)[C@H]2CCCCN2)c1. The lowest BCUT2D eigenvalue weighted by Gasteiger charge is -2.22. The van der Waals surface area contributed by atoms with Crippen molar-refractivity contribution in [3.63, 3.8) is 0 Å². The summed E-state index contributed by atoms with van der Waals surface area (Å²) in [6, 6.07) is 10.2. The molecule has 1 saturated heterocycles. The number of hydrogen-bond donors (Lipinski definition) is 3. The fourth-order valence-electron chi connectivity index (χ4n) is 2.68. The van der Waals surface area contributed by atoms with Gasteiger partial charge in [-0.2, -0.15) is 0 Å².